The molecule has 1 aliphatic rings. The maximum Gasteiger partial charge on any atom is 0.573 e. The molecule has 1 heterocycles. The molecule has 2 aromatic rings. The lowest BCUT2D eigenvalue weighted by molar-refractivity contribution is -0.274. The van der Waals surface area contributed by atoms with Crippen LogP contribution in [-0.4, -0.2) is 20.7 Å². The van der Waals surface area contributed by atoms with E-state index in [4.69, 9.17) is 4.74 Å². The van der Waals surface area contributed by atoms with E-state index in [-0.39, 0.29) is 11.4 Å². The normalized spacial score (nSPS) is 16.0. The zero-order valence-corrected chi connectivity index (χ0v) is 12.2. The van der Waals surface area contributed by atoms with Crippen LogP contribution >= 0.6 is 0 Å². The van der Waals surface area contributed by atoms with Crippen LogP contribution in [0.1, 0.15) is 0 Å². The molecule has 1 aliphatic heterocycles. The van der Waals surface area contributed by atoms with E-state index in [1.807, 2.05) is 0 Å². The van der Waals surface area contributed by atoms with Gasteiger partial charge in [0.05, 0.1) is 5.69 Å². The predicted molar refractivity (Wildman–Crippen MR) is 76.6 cm³/mol. The molecule has 0 saturated carbocycles. The maximum absolute atomic E-state index is 12.2. The molecule has 0 amide bonds. The third-order valence-electron chi connectivity index (χ3n) is 3.05. The highest BCUT2D eigenvalue weighted by atomic mass is 32.2. The van der Waals surface area contributed by atoms with E-state index >= 15 is 0 Å². The topological polar surface area (TPSA) is 64.6 Å². The number of hydrogen-bond acceptors (Lipinski definition) is 4. The largest absolute Gasteiger partial charge is 0.573 e. The van der Waals surface area contributed by atoms with Crippen LogP contribution in [0, 0.1) is 0 Å². The standard InChI is InChI=1S/C14H10F3NO4S/c15-14(16,17)22-10-6-4-9(5-7-10)11-2-1-3-12-13(11)18-23(19,20)8-21-12/h1-7,18H,8H2. The number of ether oxygens (including phenoxy) is 2. The number of hydrogen-bond donors (Lipinski definition) is 1. The first-order valence-electron chi connectivity index (χ1n) is 6.36. The van der Waals surface area contributed by atoms with Gasteiger partial charge in [-0.1, -0.05) is 24.3 Å². The summed E-state index contributed by atoms with van der Waals surface area (Å²) < 4.78 is 71.1. The summed E-state index contributed by atoms with van der Waals surface area (Å²) in [5, 5.41) is 0. The van der Waals surface area contributed by atoms with Crippen molar-refractivity contribution < 1.29 is 31.1 Å². The van der Waals surface area contributed by atoms with Crippen molar-refractivity contribution in [3.8, 4) is 22.6 Å². The fourth-order valence-electron chi connectivity index (χ4n) is 2.16. The summed E-state index contributed by atoms with van der Waals surface area (Å²) in [5.74, 6) is -0.488. The molecule has 0 saturated heterocycles. The van der Waals surface area contributed by atoms with Crippen molar-refractivity contribution in [1.29, 1.82) is 0 Å². The van der Waals surface area contributed by atoms with E-state index in [1.54, 1.807) is 18.2 Å². The summed E-state index contributed by atoms with van der Waals surface area (Å²) in [6, 6.07) is 10.0. The Bertz CT molecular complexity index is 832. The Morgan fingerprint density at radius 2 is 1.78 bits per heavy atom. The molecule has 0 fully saturated rings. The van der Waals surface area contributed by atoms with Gasteiger partial charge in [-0.15, -0.1) is 13.2 Å². The van der Waals surface area contributed by atoms with Gasteiger partial charge in [-0.05, 0) is 23.8 Å². The summed E-state index contributed by atoms with van der Waals surface area (Å²) in [5.41, 5.74) is 1.26. The molecule has 0 spiro atoms. The fraction of sp³-hybridized carbons (Fsp3) is 0.143. The first-order chi connectivity index (χ1) is 10.7. The Labute approximate surface area is 129 Å². The van der Waals surface area contributed by atoms with Crippen LogP contribution in [0.3, 0.4) is 0 Å². The molecule has 9 heteroatoms. The van der Waals surface area contributed by atoms with Crippen LogP contribution in [0.4, 0.5) is 18.9 Å². The number of rotatable bonds is 2. The molecule has 122 valence electrons. The second-order valence-corrected chi connectivity index (χ2v) is 6.40. The van der Waals surface area contributed by atoms with Crippen molar-refractivity contribution in [3.05, 3.63) is 42.5 Å². The third-order valence-corrected chi connectivity index (χ3v) is 4.00. The minimum absolute atomic E-state index is 0.253. The number of fused-ring (bicyclic) bond motifs is 1. The molecule has 3 rings (SSSR count). The van der Waals surface area contributed by atoms with Gasteiger partial charge in [-0.2, -0.15) is 0 Å². The van der Waals surface area contributed by atoms with E-state index in [0.717, 1.165) is 12.1 Å². The molecule has 0 radical (unpaired) electrons. The van der Waals surface area contributed by atoms with Gasteiger partial charge < -0.3 is 9.47 Å². The van der Waals surface area contributed by atoms with Crippen LogP contribution in [0.2, 0.25) is 0 Å². The van der Waals surface area contributed by atoms with Gasteiger partial charge in [-0.25, -0.2) is 8.42 Å². The van der Waals surface area contributed by atoms with E-state index < -0.39 is 22.3 Å². The fourth-order valence-corrected chi connectivity index (χ4v) is 3.02. The number of nitrogens with one attached hydrogen (secondary N) is 1. The zero-order valence-electron chi connectivity index (χ0n) is 11.4. The molecular weight excluding hydrogens is 335 g/mol. The van der Waals surface area contributed by atoms with Crippen LogP contribution in [0.25, 0.3) is 11.1 Å². The quantitative estimate of drug-likeness (QED) is 0.907. The lowest BCUT2D eigenvalue weighted by Gasteiger charge is -2.22. The minimum Gasteiger partial charge on any atom is -0.474 e. The van der Waals surface area contributed by atoms with Crippen molar-refractivity contribution in [2.45, 2.75) is 6.36 Å². The summed E-state index contributed by atoms with van der Waals surface area (Å²) >= 11 is 0. The molecule has 0 bridgehead atoms. The van der Waals surface area contributed by atoms with E-state index in [9.17, 15) is 21.6 Å². The summed E-state index contributed by atoms with van der Waals surface area (Å²) in [6.45, 7) is 0. The SMILES string of the molecule is O=S1(=O)COc2cccc(-c3ccc(OC(F)(F)F)cc3)c2N1. The Morgan fingerprint density at radius 1 is 1.09 bits per heavy atom. The van der Waals surface area contributed by atoms with Crippen LogP contribution < -0.4 is 14.2 Å². The number of benzene rings is 2. The highest BCUT2D eigenvalue weighted by Crippen LogP contribution is 2.39. The minimum atomic E-state index is -4.77. The highest BCUT2D eigenvalue weighted by Gasteiger charge is 2.31. The van der Waals surface area contributed by atoms with Crippen molar-refractivity contribution in [2.24, 2.45) is 0 Å². The number of halogens is 3. The zero-order chi connectivity index (χ0) is 16.7. The van der Waals surface area contributed by atoms with Gasteiger partial charge in [0.25, 0.3) is 10.0 Å². The van der Waals surface area contributed by atoms with Gasteiger partial charge in [0.1, 0.15) is 11.5 Å². The predicted octanol–water partition coefficient (Wildman–Crippen LogP) is 3.34. The Balaban J connectivity index is 1.97. The van der Waals surface area contributed by atoms with E-state index in [1.165, 1.54) is 12.1 Å². The molecule has 0 aromatic heterocycles. The van der Waals surface area contributed by atoms with Gasteiger partial charge >= 0.3 is 6.36 Å². The molecule has 5 nitrogen and oxygen atoms in total. The first-order valence-corrected chi connectivity index (χ1v) is 8.01. The lowest BCUT2D eigenvalue weighted by Crippen LogP contribution is -2.25. The molecule has 0 unspecified atom stereocenters. The molecule has 23 heavy (non-hydrogen) atoms. The van der Waals surface area contributed by atoms with Crippen LogP contribution in [-0.2, 0) is 10.0 Å². The number of para-hydroxylation sites is 1. The van der Waals surface area contributed by atoms with Crippen LogP contribution in [0.15, 0.2) is 42.5 Å². The van der Waals surface area contributed by atoms with Crippen molar-refractivity contribution in [3.63, 3.8) is 0 Å². The highest BCUT2D eigenvalue weighted by molar-refractivity contribution is 7.92. The summed E-state index contributed by atoms with van der Waals surface area (Å²) in [6.07, 6.45) is -4.77. The second-order valence-electron chi connectivity index (χ2n) is 4.73. The average molecular weight is 345 g/mol. The molecule has 1 N–H and O–H groups in total. The summed E-state index contributed by atoms with van der Waals surface area (Å²) in [7, 11) is -3.60. The number of anilines is 1. The third kappa shape index (κ3) is 3.50. The Kier molecular flexibility index (Phi) is 3.59. The second kappa shape index (κ2) is 5.34. The first kappa shape index (κ1) is 15.5. The molecule has 0 aliphatic carbocycles. The average Bonchev–Trinajstić information content (AvgIpc) is 2.45. The van der Waals surface area contributed by atoms with Crippen LogP contribution in [0.5, 0.6) is 11.5 Å². The van der Waals surface area contributed by atoms with Gasteiger partial charge in [0, 0.05) is 5.56 Å². The monoisotopic (exact) mass is 345 g/mol. The lowest BCUT2D eigenvalue weighted by atomic mass is 10.0. The van der Waals surface area contributed by atoms with Gasteiger partial charge in [-0.3, -0.25) is 4.72 Å². The van der Waals surface area contributed by atoms with Crippen molar-refractivity contribution >= 4 is 15.7 Å². The maximum atomic E-state index is 12.2. The smallest absolute Gasteiger partial charge is 0.474 e. The van der Waals surface area contributed by atoms with Gasteiger partial charge in [0.2, 0.25) is 5.94 Å². The number of alkyl halides is 3. The number of sulfonamides is 1. The van der Waals surface area contributed by atoms with E-state index in [2.05, 4.69) is 9.46 Å². The molecular formula is C14H10F3NO4S. The molecule has 2 aromatic carbocycles. The van der Waals surface area contributed by atoms with Crippen molar-refractivity contribution in [2.75, 3.05) is 10.7 Å². The Morgan fingerprint density at radius 3 is 2.43 bits per heavy atom. The molecule has 0 atom stereocenters. The Hall–Kier alpha value is -2.42. The van der Waals surface area contributed by atoms with Crippen molar-refractivity contribution in [1.82, 2.24) is 0 Å². The van der Waals surface area contributed by atoms with E-state index in [0.29, 0.717) is 16.9 Å². The van der Waals surface area contributed by atoms with Gasteiger partial charge in [0.15, 0.2) is 0 Å². The summed E-state index contributed by atoms with van der Waals surface area (Å²) in [4.78, 5) is 0.